The molecule has 1 rings (SSSR count). The van der Waals surface area contributed by atoms with Gasteiger partial charge in [0.25, 0.3) is 6.08 Å². The molecular weight excluding hydrogens is 248 g/mol. The molecule has 1 fully saturated rings. The van der Waals surface area contributed by atoms with Gasteiger partial charge in [-0.15, -0.1) is 0 Å². The Morgan fingerprint density at radius 1 is 1.26 bits per heavy atom. The summed E-state index contributed by atoms with van der Waals surface area (Å²) in [6, 6.07) is -0.408. The van der Waals surface area contributed by atoms with Gasteiger partial charge in [-0.2, -0.15) is 8.78 Å². The molecule has 0 spiro atoms. The predicted octanol–water partition coefficient (Wildman–Crippen LogP) is 3.87. The van der Waals surface area contributed by atoms with E-state index in [2.05, 4.69) is 0 Å². The van der Waals surface area contributed by atoms with Crippen LogP contribution in [0, 0.1) is 11.8 Å². The maximum atomic E-state index is 12.8. The number of hydrogen-bond acceptors (Lipinski definition) is 2. The van der Waals surface area contributed by atoms with Crippen LogP contribution in [0.3, 0.4) is 0 Å². The summed E-state index contributed by atoms with van der Waals surface area (Å²) >= 11 is 0. The van der Waals surface area contributed by atoms with E-state index >= 15 is 0 Å². The third kappa shape index (κ3) is 3.62. The van der Waals surface area contributed by atoms with E-state index < -0.39 is 12.1 Å². The van der Waals surface area contributed by atoms with E-state index in [4.69, 9.17) is 0 Å². The summed E-state index contributed by atoms with van der Waals surface area (Å²) in [5.74, 6) is 0.218. The summed E-state index contributed by atoms with van der Waals surface area (Å²) < 4.78 is 25.7. The van der Waals surface area contributed by atoms with Crippen molar-refractivity contribution in [3.05, 3.63) is 11.7 Å². The van der Waals surface area contributed by atoms with Gasteiger partial charge in [0, 0.05) is 23.6 Å². The Bertz CT molecular complexity index is 378. The second-order valence-corrected chi connectivity index (χ2v) is 6.82. The number of ketones is 1. The molecule has 1 aliphatic rings. The van der Waals surface area contributed by atoms with Crippen LogP contribution in [0.25, 0.3) is 0 Å². The summed E-state index contributed by atoms with van der Waals surface area (Å²) in [7, 11) is 0. The van der Waals surface area contributed by atoms with E-state index in [1.165, 1.54) is 0 Å². The SMILES string of the molecule is CC(C)C(C)C(=O)[C@@H]1CC(=C(F)F)CN1C(C)(C)C. The van der Waals surface area contributed by atoms with Crippen LogP contribution in [0.4, 0.5) is 8.78 Å². The van der Waals surface area contributed by atoms with Gasteiger partial charge >= 0.3 is 0 Å². The highest BCUT2D eigenvalue weighted by Gasteiger charge is 2.42. The summed E-state index contributed by atoms with van der Waals surface area (Å²) in [5, 5.41) is 0. The van der Waals surface area contributed by atoms with Crippen LogP contribution in [0.15, 0.2) is 11.7 Å². The van der Waals surface area contributed by atoms with Gasteiger partial charge in [-0.25, -0.2) is 0 Å². The van der Waals surface area contributed by atoms with Crippen LogP contribution in [0.5, 0.6) is 0 Å². The molecule has 2 nitrogen and oxygen atoms in total. The lowest BCUT2D eigenvalue weighted by Crippen LogP contribution is -2.49. The Morgan fingerprint density at radius 3 is 2.16 bits per heavy atom. The first kappa shape index (κ1) is 16.3. The zero-order chi connectivity index (χ0) is 15.0. The summed E-state index contributed by atoms with van der Waals surface area (Å²) in [5.41, 5.74) is -0.168. The number of Topliss-reactive ketones (excluding diaryl/α,β-unsaturated/α-hetero) is 1. The van der Waals surface area contributed by atoms with Gasteiger partial charge in [0.05, 0.1) is 6.04 Å². The molecule has 0 N–H and O–H groups in total. The Balaban J connectivity index is 3.03. The molecule has 0 bridgehead atoms. The molecule has 0 radical (unpaired) electrons. The summed E-state index contributed by atoms with van der Waals surface area (Å²) in [6.45, 7) is 12.0. The lowest BCUT2D eigenvalue weighted by Gasteiger charge is -2.37. The van der Waals surface area contributed by atoms with Crippen LogP contribution in [-0.2, 0) is 4.79 Å². The molecule has 19 heavy (non-hydrogen) atoms. The number of rotatable bonds is 3. The Labute approximate surface area is 114 Å². The van der Waals surface area contributed by atoms with E-state index in [1.54, 1.807) is 0 Å². The van der Waals surface area contributed by atoms with E-state index in [9.17, 15) is 13.6 Å². The maximum absolute atomic E-state index is 12.8. The van der Waals surface area contributed by atoms with Crippen LogP contribution in [-0.4, -0.2) is 28.8 Å². The third-order valence-corrected chi connectivity index (χ3v) is 4.08. The molecule has 1 heterocycles. The quantitative estimate of drug-likeness (QED) is 0.778. The van der Waals surface area contributed by atoms with E-state index in [0.29, 0.717) is 0 Å². The van der Waals surface area contributed by atoms with Crippen molar-refractivity contribution in [2.24, 2.45) is 11.8 Å². The van der Waals surface area contributed by atoms with Gasteiger partial charge < -0.3 is 0 Å². The van der Waals surface area contributed by atoms with Crippen molar-refractivity contribution < 1.29 is 13.6 Å². The van der Waals surface area contributed by atoms with Gasteiger partial charge in [-0.1, -0.05) is 20.8 Å². The Hall–Kier alpha value is -0.770. The lowest BCUT2D eigenvalue weighted by molar-refractivity contribution is -0.129. The fraction of sp³-hybridized carbons (Fsp3) is 0.800. The molecule has 0 saturated carbocycles. The minimum absolute atomic E-state index is 0.0844. The minimum Gasteiger partial charge on any atom is -0.298 e. The molecular formula is C15H25F2NO. The minimum atomic E-state index is -1.62. The van der Waals surface area contributed by atoms with Crippen molar-refractivity contribution in [1.82, 2.24) is 4.90 Å². The maximum Gasteiger partial charge on any atom is 0.270 e. The number of likely N-dealkylation sites (tertiary alicyclic amines) is 1. The average Bonchev–Trinajstić information content (AvgIpc) is 2.71. The van der Waals surface area contributed by atoms with Crippen LogP contribution < -0.4 is 0 Å². The zero-order valence-electron chi connectivity index (χ0n) is 12.8. The molecule has 1 aliphatic heterocycles. The first-order valence-corrected chi connectivity index (χ1v) is 6.89. The molecule has 0 amide bonds. The number of carbonyl (C=O) groups excluding carboxylic acids is 1. The number of nitrogens with zero attached hydrogens (tertiary/aromatic N) is 1. The highest BCUT2D eigenvalue weighted by Crippen LogP contribution is 2.34. The van der Waals surface area contributed by atoms with Gasteiger partial charge in [0.2, 0.25) is 0 Å². The first-order chi connectivity index (χ1) is 8.55. The third-order valence-electron chi connectivity index (χ3n) is 4.08. The van der Waals surface area contributed by atoms with Gasteiger partial charge in [-0.3, -0.25) is 9.69 Å². The fourth-order valence-corrected chi connectivity index (χ4v) is 2.45. The molecule has 110 valence electrons. The van der Waals surface area contributed by atoms with Crippen molar-refractivity contribution >= 4 is 5.78 Å². The molecule has 0 aromatic carbocycles. The average molecular weight is 273 g/mol. The molecule has 4 heteroatoms. The number of hydrogen-bond donors (Lipinski definition) is 0. The molecule has 1 unspecified atom stereocenters. The first-order valence-electron chi connectivity index (χ1n) is 6.89. The van der Waals surface area contributed by atoms with Gasteiger partial charge in [0.15, 0.2) is 5.78 Å². The largest absolute Gasteiger partial charge is 0.298 e. The molecule has 2 atom stereocenters. The Morgan fingerprint density at radius 2 is 1.79 bits per heavy atom. The van der Waals surface area contributed by atoms with E-state index in [0.717, 1.165) is 0 Å². The smallest absolute Gasteiger partial charge is 0.270 e. The normalized spacial score (nSPS) is 23.0. The van der Waals surface area contributed by atoms with Crippen LogP contribution in [0.1, 0.15) is 48.0 Å². The summed E-state index contributed by atoms with van der Waals surface area (Å²) in [4.78, 5) is 14.4. The number of carbonyl (C=O) groups is 1. The monoisotopic (exact) mass is 273 g/mol. The molecule has 0 aliphatic carbocycles. The van der Waals surface area contributed by atoms with Crippen molar-refractivity contribution in [2.75, 3.05) is 6.54 Å². The summed E-state index contributed by atoms with van der Waals surface area (Å²) in [6.07, 6.45) is -1.45. The zero-order valence-corrected chi connectivity index (χ0v) is 12.8. The van der Waals surface area contributed by atoms with Crippen molar-refractivity contribution in [3.8, 4) is 0 Å². The highest BCUT2D eigenvalue weighted by molar-refractivity contribution is 5.87. The predicted molar refractivity (Wildman–Crippen MR) is 73.1 cm³/mol. The standard InChI is InChI=1S/C15H25F2NO/c1-9(2)10(3)13(19)12-7-11(14(16)17)8-18(12)15(4,5)6/h9-10,12H,7-8H2,1-6H3/t10?,12-/m0/s1. The van der Waals surface area contributed by atoms with E-state index in [-0.39, 0.29) is 41.7 Å². The topological polar surface area (TPSA) is 20.3 Å². The van der Waals surface area contributed by atoms with E-state index in [1.807, 2.05) is 46.4 Å². The van der Waals surface area contributed by atoms with Crippen molar-refractivity contribution in [3.63, 3.8) is 0 Å². The lowest BCUT2D eigenvalue weighted by atomic mass is 9.87. The number of halogens is 2. The van der Waals surface area contributed by atoms with Crippen molar-refractivity contribution in [1.29, 1.82) is 0 Å². The van der Waals surface area contributed by atoms with Crippen molar-refractivity contribution in [2.45, 2.75) is 59.5 Å². The fourth-order valence-electron chi connectivity index (χ4n) is 2.45. The second kappa shape index (κ2) is 5.70. The molecule has 1 saturated heterocycles. The van der Waals surface area contributed by atoms with Crippen LogP contribution in [0.2, 0.25) is 0 Å². The highest BCUT2D eigenvalue weighted by atomic mass is 19.3. The second-order valence-electron chi connectivity index (χ2n) is 6.82. The van der Waals surface area contributed by atoms with Gasteiger partial charge in [-0.05, 0) is 33.1 Å². The van der Waals surface area contributed by atoms with Gasteiger partial charge in [0.1, 0.15) is 0 Å². The molecule has 0 aromatic rings. The Kier molecular flexibility index (Phi) is 4.88. The van der Waals surface area contributed by atoms with Crippen LogP contribution >= 0.6 is 0 Å². The molecule has 0 aromatic heterocycles.